The second-order valence-electron chi connectivity index (χ2n) is 7.12. The van der Waals surface area contributed by atoms with Crippen molar-refractivity contribution in [3.8, 4) is 11.5 Å². The monoisotopic (exact) mass is 428 g/mol. The number of fused-ring (bicyclic) bond motifs is 1. The van der Waals surface area contributed by atoms with E-state index in [-0.39, 0.29) is 28.7 Å². The number of nitrogens with zero attached hydrogens (tertiary/aromatic N) is 1. The third kappa shape index (κ3) is 5.26. The van der Waals surface area contributed by atoms with Gasteiger partial charge < -0.3 is 24.2 Å². The Morgan fingerprint density at radius 1 is 1.13 bits per heavy atom. The highest BCUT2D eigenvalue weighted by molar-refractivity contribution is 6.15. The number of benzene rings is 2. The van der Waals surface area contributed by atoms with Crippen molar-refractivity contribution in [3.63, 3.8) is 0 Å². The van der Waals surface area contributed by atoms with E-state index in [1.807, 2.05) is 0 Å². The van der Waals surface area contributed by atoms with Crippen LogP contribution in [0.15, 0.2) is 42.2 Å². The summed E-state index contributed by atoms with van der Waals surface area (Å²) >= 11 is 0. The zero-order valence-corrected chi connectivity index (χ0v) is 17.4. The van der Waals surface area contributed by atoms with E-state index in [1.165, 1.54) is 36.4 Å². The van der Waals surface area contributed by atoms with Crippen LogP contribution in [0, 0.1) is 10.1 Å². The molecule has 164 valence electrons. The number of Topliss-reactive ketones (excluding diaryl/α,β-unsaturated/α-hetero) is 1. The average molecular weight is 428 g/mol. The zero-order valence-electron chi connectivity index (χ0n) is 17.4. The molecule has 1 aliphatic heterocycles. The topological polar surface area (TPSA) is 115 Å². The lowest BCUT2D eigenvalue weighted by atomic mass is 10.0. The number of quaternary nitrogens is 1. The highest BCUT2D eigenvalue weighted by Crippen LogP contribution is 2.38. The predicted molar refractivity (Wildman–Crippen MR) is 110 cm³/mol. The van der Waals surface area contributed by atoms with Gasteiger partial charge in [-0.15, -0.1) is 0 Å². The lowest BCUT2D eigenvalue weighted by Gasteiger charge is -2.23. The van der Waals surface area contributed by atoms with E-state index in [4.69, 9.17) is 14.2 Å². The minimum absolute atomic E-state index is 0.0256. The van der Waals surface area contributed by atoms with E-state index in [1.54, 1.807) is 20.3 Å². The molecular formula is C22H24N2O7. The maximum absolute atomic E-state index is 12.8. The van der Waals surface area contributed by atoms with Gasteiger partial charge in [-0.1, -0.05) is 23.9 Å². The molecule has 0 saturated carbocycles. The van der Waals surface area contributed by atoms with E-state index in [2.05, 4.69) is 0 Å². The van der Waals surface area contributed by atoms with E-state index < -0.39 is 4.92 Å². The van der Waals surface area contributed by atoms with Gasteiger partial charge in [-0.3, -0.25) is 14.9 Å². The number of nitrogens with one attached hydrogen (secondary N) is 1. The van der Waals surface area contributed by atoms with Crippen molar-refractivity contribution in [2.45, 2.75) is 6.54 Å². The van der Waals surface area contributed by atoms with Gasteiger partial charge in [0.2, 0.25) is 5.78 Å². The van der Waals surface area contributed by atoms with Crippen LogP contribution in [-0.4, -0.2) is 51.2 Å². The van der Waals surface area contributed by atoms with Crippen LogP contribution >= 0.6 is 0 Å². The third-order valence-electron chi connectivity index (χ3n) is 5.02. The molecule has 2 aromatic rings. The van der Waals surface area contributed by atoms with E-state index in [9.17, 15) is 20.0 Å². The number of nitro groups is 1. The number of rotatable bonds is 10. The summed E-state index contributed by atoms with van der Waals surface area (Å²) in [7, 11) is 3.22. The van der Waals surface area contributed by atoms with Crippen LogP contribution < -0.4 is 14.7 Å². The van der Waals surface area contributed by atoms with Gasteiger partial charge in [-0.2, -0.15) is 0 Å². The maximum atomic E-state index is 12.8. The summed E-state index contributed by atoms with van der Waals surface area (Å²) in [5.41, 5.74) is 1.09. The molecule has 1 N–H and O–H groups in total. The Hall–Kier alpha value is -3.27. The van der Waals surface area contributed by atoms with Crippen molar-refractivity contribution in [1.82, 2.24) is 0 Å². The number of allylic oxidation sites excluding steroid dienone is 1. The molecule has 0 atom stereocenters. The summed E-state index contributed by atoms with van der Waals surface area (Å²) in [5, 5.41) is 23.6. The normalized spacial score (nSPS) is 14.2. The van der Waals surface area contributed by atoms with Gasteiger partial charge >= 0.3 is 0 Å². The second kappa shape index (κ2) is 10.2. The predicted octanol–water partition coefficient (Wildman–Crippen LogP) is 0.962. The summed E-state index contributed by atoms with van der Waals surface area (Å²) < 4.78 is 16.1. The third-order valence-corrected chi connectivity index (χ3v) is 5.02. The first-order valence-corrected chi connectivity index (χ1v) is 9.77. The minimum Gasteiger partial charge on any atom is -0.872 e. The number of carbonyl (C=O) groups excluding carboxylic acids is 1. The fraction of sp³-hybridized carbons (Fsp3) is 0.318. The molecule has 0 unspecified atom stereocenters. The first-order valence-electron chi connectivity index (χ1n) is 9.77. The van der Waals surface area contributed by atoms with Crippen molar-refractivity contribution >= 4 is 17.5 Å². The second-order valence-corrected chi connectivity index (χ2v) is 7.12. The highest BCUT2D eigenvalue weighted by Gasteiger charge is 2.31. The quantitative estimate of drug-likeness (QED) is 0.340. The van der Waals surface area contributed by atoms with Gasteiger partial charge in [0.1, 0.15) is 25.4 Å². The number of carbonyl (C=O) groups is 1. The lowest BCUT2D eigenvalue weighted by molar-refractivity contribution is -0.914. The molecule has 0 saturated heterocycles. The number of hydrogen-bond acceptors (Lipinski definition) is 7. The molecule has 31 heavy (non-hydrogen) atoms. The molecule has 9 heteroatoms. The van der Waals surface area contributed by atoms with Crippen LogP contribution in [0.1, 0.15) is 21.5 Å². The molecule has 0 radical (unpaired) electrons. The van der Waals surface area contributed by atoms with Gasteiger partial charge in [-0.25, -0.2) is 0 Å². The molecule has 0 aliphatic carbocycles. The molecule has 0 fully saturated rings. The summed E-state index contributed by atoms with van der Waals surface area (Å²) in [5.74, 6) is -0.298. The molecular weight excluding hydrogens is 404 g/mol. The molecule has 2 aromatic carbocycles. The van der Waals surface area contributed by atoms with E-state index in [0.29, 0.717) is 49.5 Å². The fourth-order valence-corrected chi connectivity index (χ4v) is 3.38. The number of ether oxygens (including phenoxy) is 3. The Balaban J connectivity index is 1.90. The van der Waals surface area contributed by atoms with Gasteiger partial charge in [0.15, 0.2) is 5.76 Å². The van der Waals surface area contributed by atoms with Crippen LogP contribution in [-0.2, 0) is 16.0 Å². The Labute approximate surface area is 179 Å². The summed E-state index contributed by atoms with van der Waals surface area (Å²) in [6.07, 6.45) is 1.45. The van der Waals surface area contributed by atoms with Crippen LogP contribution in [0.2, 0.25) is 0 Å². The highest BCUT2D eigenvalue weighted by atomic mass is 16.6. The largest absolute Gasteiger partial charge is 0.872 e. The molecule has 0 bridgehead atoms. The maximum Gasteiger partial charge on any atom is 0.270 e. The summed E-state index contributed by atoms with van der Waals surface area (Å²) in [6, 6.07) is 8.73. The van der Waals surface area contributed by atoms with E-state index >= 15 is 0 Å². The van der Waals surface area contributed by atoms with Crippen molar-refractivity contribution in [3.05, 3.63) is 69.0 Å². The van der Waals surface area contributed by atoms with Crippen LogP contribution in [0.4, 0.5) is 5.69 Å². The summed E-state index contributed by atoms with van der Waals surface area (Å²) in [6.45, 7) is 2.70. The van der Waals surface area contributed by atoms with Crippen LogP contribution in [0.5, 0.6) is 11.5 Å². The molecule has 0 spiro atoms. The smallest absolute Gasteiger partial charge is 0.270 e. The Kier molecular flexibility index (Phi) is 7.35. The number of hydrogen-bond donors (Lipinski definition) is 1. The van der Waals surface area contributed by atoms with E-state index in [0.717, 1.165) is 4.90 Å². The van der Waals surface area contributed by atoms with Gasteiger partial charge in [0, 0.05) is 31.9 Å². The number of non-ortho nitro benzene ring substituents is 1. The molecule has 1 heterocycles. The van der Waals surface area contributed by atoms with Crippen molar-refractivity contribution in [1.29, 1.82) is 0 Å². The van der Waals surface area contributed by atoms with Crippen LogP contribution in [0.3, 0.4) is 0 Å². The van der Waals surface area contributed by atoms with Crippen molar-refractivity contribution in [2.75, 3.05) is 40.5 Å². The van der Waals surface area contributed by atoms with Gasteiger partial charge in [-0.05, 0) is 17.7 Å². The molecule has 3 rings (SSSR count). The summed E-state index contributed by atoms with van der Waals surface area (Å²) in [4.78, 5) is 24.4. The zero-order chi connectivity index (χ0) is 22.4. The number of methoxy groups -OCH3 is 2. The lowest BCUT2D eigenvalue weighted by Crippen LogP contribution is -3.11. The number of ketones is 1. The molecule has 0 aromatic heterocycles. The SMILES string of the molecule is COCC[NH+](CCOC)Cc1c([O-])ccc2c1OC(=Cc1cccc([N+](=O)[O-])c1)C2=O. The van der Waals surface area contributed by atoms with Gasteiger partial charge in [0.25, 0.3) is 5.69 Å². The Bertz CT molecular complexity index is 995. The fourth-order valence-electron chi connectivity index (χ4n) is 3.38. The van der Waals surface area contributed by atoms with Crippen molar-refractivity contribution < 1.29 is 33.9 Å². The van der Waals surface area contributed by atoms with Crippen molar-refractivity contribution in [2.24, 2.45) is 0 Å². The minimum atomic E-state index is -0.507. The molecule has 9 nitrogen and oxygen atoms in total. The first-order chi connectivity index (χ1) is 14.9. The Morgan fingerprint density at radius 3 is 2.48 bits per heavy atom. The van der Waals surface area contributed by atoms with Crippen LogP contribution in [0.25, 0.3) is 6.08 Å². The average Bonchev–Trinajstić information content (AvgIpc) is 3.07. The number of nitro benzene ring substituents is 1. The Morgan fingerprint density at radius 2 is 1.84 bits per heavy atom. The first kappa shape index (κ1) is 22.4. The molecule has 0 amide bonds. The molecule has 1 aliphatic rings. The standard InChI is InChI=1S/C22H24N2O7/c1-29-10-8-23(9-11-30-2)14-18-19(25)7-6-17-21(26)20(31-22(17)18)13-15-4-3-5-16(12-15)24(27)28/h3-7,12-13,25H,8-11,14H2,1-2H3. The van der Waals surface area contributed by atoms with Gasteiger partial charge in [0.05, 0.1) is 23.7 Å².